The van der Waals surface area contributed by atoms with Gasteiger partial charge in [-0.3, -0.25) is 5.43 Å². The molecule has 126 valence electrons. The molecule has 4 nitrogen and oxygen atoms in total. The number of thiocarbonyl (C=S) groups is 1. The molecule has 0 spiro atoms. The molecule has 0 saturated carbocycles. The fourth-order valence-electron chi connectivity index (χ4n) is 2.27. The van der Waals surface area contributed by atoms with Crippen LogP contribution >= 0.6 is 35.4 Å². The molecular weight excluding hydrogens is 375 g/mol. The van der Waals surface area contributed by atoms with Crippen molar-refractivity contribution >= 4 is 63.3 Å². The van der Waals surface area contributed by atoms with E-state index < -0.39 is 0 Å². The summed E-state index contributed by atoms with van der Waals surface area (Å²) in [5.74, 6) is 0. The highest BCUT2D eigenvalue weighted by Crippen LogP contribution is 2.25. The van der Waals surface area contributed by atoms with Crippen molar-refractivity contribution in [2.45, 2.75) is 6.92 Å². The molecule has 0 fully saturated rings. The van der Waals surface area contributed by atoms with Gasteiger partial charge >= 0.3 is 0 Å². The van der Waals surface area contributed by atoms with Crippen LogP contribution in [0.3, 0.4) is 0 Å². The zero-order chi connectivity index (χ0) is 17.8. The topological polar surface area (TPSA) is 49.3 Å². The molecule has 3 rings (SSSR count). The molecule has 0 unspecified atom stereocenters. The number of aromatic nitrogens is 1. The van der Waals surface area contributed by atoms with Gasteiger partial charge in [-0.1, -0.05) is 53.5 Å². The van der Waals surface area contributed by atoms with Gasteiger partial charge in [-0.05, 0) is 42.9 Å². The highest BCUT2D eigenvalue weighted by atomic mass is 35.5. The van der Waals surface area contributed by atoms with E-state index >= 15 is 0 Å². The first kappa shape index (κ1) is 17.6. The fourth-order valence-corrected chi connectivity index (χ4v) is 2.85. The predicted octanol–water partition coefficient (Wildman–Crippen LogP) is 5.17. The molecule has 1 heterocycles. The van der Waals surface area contributed by atoms with E-state index in [9.17, 15) is 0 Å². The number of nitrogens with zero attached hydrogens (tertiary/aromatic N) is 2. The zero-order valence-corrected chi connectivity index (χ0v) is 15.6. The Labute approximate surface area is 160 Å². The largest absolute Gasteiger partial charge is 0.331 e. The third-order valence-corrected chi connectivity index (χ3v) is 4.34. The maximum atomic E-state index is 6.20. The maximum Gasteiger partial charge on any atom is 0.191 e. The van der Waals surface area contributed by atoms with E-state index in [-0.39, 0.29) is 0 Å². The molecule has 0 amide bonds. The third kappa shape index (κ3) is 4.25. The molecule has 0 aliphatic heterocycles. The number of rotatable bonds is 3. The lowest BCUT2D eigenvalue weighted by Gasteiger charge is -2.09. The van der Waals surface area contributed by atoms with Crippen molar-refractivity contribution in [2.75, 3.05) is 5.32 Å². The Hall–Kier alpha value is -2.21. The maximum absolute atomic E-state index is 6.20. The first-order valence-electron chi connectivity index (χ1n) is 7.45. The van der Waals surface area contributed by atoms with E-state index in [1.54, 1.807) is 12.3 Å². The molecule has 0 aliphatic rings. The van der Waals surface area contributed by atoms with Crippen molar-refractivity contribution in [3.63, 3.8) is 0 Å². The number of hydrogen-bond acceptors (Lipinski definition) is 3. The molecule has 7 heteroatoms. The van der Waals surface area contributed by atoms with Gasteiger partial charge < -0.3 is 5.32 Å². The summed E-state index contributed by atoms with van der Waals surface area (Å²) in [6.45, 7) is 2.00. The molecular formula is C18H14Cl2N4S. The normalized spacial score (nSPS) is 11.0. The summed E-state index contributed by atoms with van der Waals surface area (Å²) in [5, 5.41) is 9.37. The minimum atomic E-state index is 0.323. The summed E-state index contributed by atoms with van der Waals surface area (Å²) in [6.07, 6.45) is 1.57. The summed E-state index contributed by atoms with van der Waals surface area (Å²) >= 11 is 17.6. The van der Waals surface area contributed by atoms with Crippen molar-refractivity contribution in [2.24, 2.45) is 5.10 Å². The smallest absolute Gasteiger partial charge is 0.191 e. The number of hydrogen-bond donors (Lipinski definition) is 2. The van der Waals surface area contributed by atoms with Crippen LogP contribution in [0.25, 0.3) is 10.9 Å². The standard InChI is InChI=1S/C18H14Cl2N4S/c1-11-5-2-3-8-15(11)22-18(25)24-21-10-13-9-12-6-4-7-14(19)16(12)23-17(13)20/h2-10H,1H3,(H2,22,24,25)/b21-10+. The Morgan fingerprint density at radius 3 is 2.76 bits per heavy atom. The van der Waals surface area contributed by atoms with Crippen molar-refractivity contribution in [3.8, 4) is 0 Å². The van der Waals surface area contributed by atoms with Crippen molar-refractivity contribution in [1.29, 1.82) is 0 Å². The molecule has 1 aromatic heterocycles. The van der Waals surface area contributed by atoms with Crippen LogP contribution in [0.5, 0.6) is 0 Å². The number of para-hydroxylation sites is 2. The van der Waals surface area contributed by atoms with E-state index in [2.05, 4.69) is 20.8 Å². The Morgan fingerprint density at radius 1 is 1.16 bits per heavy atom. The fraction of sp³-hybridized carbons (Fsp3) is 0.0556. The van der Waals surface area contributed by atoms with Crippen LogP contribution in [0.2, 0.25) is 10.2 Å². The average molecular weight is 389 g/mol. The summed E-state index contributed by atoms with van der Waals surface area (Å²) in [4.78, 5) is 4.32. The number of fused-ring (bicyclic) bond motifs is 1. The monoisotopic (exact) mass is 388 g/mol. The van der Waals surface area contributed by atoms with E-state index in [4.69, 9.17) is 35.4 Å². The van der Waals surface area contributed by atoms with Gasteiger partial charge in [-0.25, -0.2) is 4.98 Å². The van der Waals surface area contributed by atoms with Gasteiger partial charge in [-0.2, -0.15) is 5.10 Å². The Balaban J connectivity index is 1.72. The lowest BCUT2D eigenvalue weighted by atomic mass is 10.2. The van der Waals surface area contributed by atoms with Crippen LogP contribution in [0.4, 0.5) is 5.69 Å². The summed E-state index contributed by atoms with van der Waals surface area (Å²) < 4.78 is 0. The highest BCUT2D eigenvalue weighted by molar-refractivity contribution is 7.80. The van der Waals surface area contributed by atoms with Gasteiger partial charge in [0.15, 0.2) is 5.11 Å². The van der Waals surface area contributed by atoms with Crippen LogP contribution in [0.15, 0.2) is 53.6 Å². The van der Waals surface area contributed by atoms with Crippen LogP contribution < -0.4 is 10.7 Å². The molecule has 2 N–H and O–H groups in total. The minimum Gasteiger partial charge on any atom is -0.331 e. The van der Waals surface area contributed by atoms with Crippen LogP contribution in [0.1, 0.15) is 11.1 Å². The van der Waals surface area contributed by atoms with Gasteiger partial charge in [-0.15, -0.1) is 0 Å². The van der Waals surface area contributed by atoms with Gasteiger partial charge in [0.2, 0.25) is 0 Å². The van der Waals surface area contributed by atoms with Crippen LogP contribution in [-0.4, -0.2) is 16.3 Å². The van der Waals surface area contributed by atoms with Gasteiger partial charge in [0.05, 0.1) is 16.8 Å². The first-order valence-corrected chi connectivity index (χ1v) is 8.61. The summed E-state index contributed by atoms with van der Waals surface area (Å²) in [5.41, 5.74) is 6.12. The second-order valence-corrected chi connectivity index (χ2v) is 6.49. The van der Waals surface area contributed by atoms with Crippen molar-refractivity contribution < 1.29 is 0 Å². The Kier molecular flexibility index (Phi) is 5.48. The van der Waals surface area contributed by atoms with E-state index in [0.717, 1.165) is 16.6 Å². The van der Waals surface area contributed by atoms with E-state index in [1.165, 1.54) is 0 Å². The molecule has 25 heavy (non-hydrogen) atoms. The number of benzene rings is 2. The molecule has 0 bridgehead atoms. The molecule has 0 atom stereocenters. The van der Waals surface area contributed by atoms with Crippen molar-refractivity contribution in [1.82, 2.24) is 10.4 Å². The second kappa shape index (κ2) is 7.78. The third-order valence-electron chi connectivity index (χ3n) is 3.54. The van der Waals surface area contributed by atoms with Gasteiger partial charge in [0, 0.05) is 16.6 Å². The zero-order valence-electron chi connectivity index (χ0n) is 13.3. The molecule has 3 aromatic rings. The molecule has 2 aromatic carbocycles. The predicted molar refractivity (Wildman–Crippen MR) is 110 cm³/mol. The van der Waals surface area contributed by atoms with Gasteiger partial charge in [0.25, 0.3) is 0 Å². The van der Waals surface area contributed by atoms with E-state index in [1.807, 2.05) is 49.4 Å². The number of aryl methyl sites for hydroxylation is 1. The number of hydrazone groups is 1. The lowest BCUT2D eigenvalue weighted by molar-refractivity contribution is 1.05. The average Bonchev–Trinajstić information content (AvgIpc) is 2.58. The second-order valence-electron chi connectivity index (χ2n) is 5.32. The van der Waals surface area contributed by atoms with Crippen molar-refractivity contribution in [3.05, 3.63) is 69.8 Å². The summed E-state index contributed by atoms with van der Waals surface area (Å²) in [7, 11) is 0. The van der Waals surface area contributed by atoms with Crippen LogP contribution in [-0.2, 0) is 0 Å². The molecule has 0 saturated heterocycles. The number of pyridine rings is 1. The van der Waals surface area contributed by atoms with Gasteiger partial charge in [0.1, 0.15) is 5.15 Å². The first-order chi connectivity index (χ1) is 12.0. The number of halogens is 2. The quantitative estimate of drug-likeness (QED) is 0.281. The highest BCUT2D eigenvalue weighted by Gasteiger charge is 2.06. The summed E-state index contributed by atoms with van der Waals surface area (Å²) in [6, 6.07) is 15.3. The Bertz CT molecular complexity index is 972. The SMILES string of the molecule is Cc1ccccc1NC(=S)N/N=C/c1cc2cccc(Cl)c2nc1Cl. The molecule has 0 aliphatic carbocycles. The van der Waals surface area contributed by atoms with Crippen LogP contribution in [0, 0.1) is 6.92 Å². The number of nitrogens with one attached hydrogen (secondary N) is 2. The van der Waals surface area contributed by atoms with E-state index in [0.29, 0.717) is 26.4 Å². The minimum absolute atomic E-state index is 0.323. The Morgan fingerprint density at radius 2 is 1.96 bits per heavy atom. The molecule has 0 radical (unpaired) electrons. The lowest BCUT2D eigenvalue weighted by Crippen LogP contribution is -2.24. The number of anilines is 1.